The Balaban J connectivity index is 1.87. The van der Waals surface area contributed by atoms with Gasteiger partial charge in [-0.15, -0.1) is 0 Å². The summed E-state index contributed by atoms with van der Waals surface area (Å²) in [5.41, 5.74) is 3.72. The summed E-state index contributed by atoms with van der Waals surface area (Å²) in [6, 6.07) is 10.9. The molecule has 160 valence electrons. The lowest BCUT2D eigenvalue weighted by Crippen LogP contribution is -2.40. The Morgan fingerprint density at radius 2 is 1.97 bits per heavy atom. The van der Waals surface area contributed by atoms with Crippen LogP contribution in [0.5, 0.6) is 5.75 Å². The number of nitro benzene ring substituents is 1. The number of ether oxygens (including phenoxy) is 2. The van der Waals surface area contributed by atoms with E-state index in [1.54, 1.807) is 32.2 Å². The van der Waals surface area contributed by atoms with Crippen LogP contribution in [0.2, 0.25) is 0 Å². The molecule has 10 nitrogen and oxygen atoms in total. The van der Waals surface area contributed by atoms with Crippen molar-refractivity contribution in [3.05, 3.63) is 58.1 Å². The molecule has 0 bridgehead atoms. The highest BCUT2D eigenvalue weighted by Gasteiger charge is 2.28. The number of benzene rings is 2. The van der Waals surface area contributed by atoms with Gasteiger partial charge in [0.15, 0.2) is 0 Å². The van der Waals surface area contributed by atoms with Gasteiger partial charge in [0.25, 0.3) is 5.69 Å². The van der Waals surface area contributed by atoms with E-state index in [0.29, 0.717) is 24.7 Å². The molecule has 1 heterocycles. The van der Waals surface area contributed by atoms with Crippen LogP contribution in [0.3, 0.4) is 0 Å². The molecule has 1 aliphatic heterocycles. The van der Waals surface area contributed by atoms with E-state index in [4.69, 9.17) is 9.47 Å². The maximum Gasteiger partial charge on any atom is 0.295 e. The van der Waals surface area contributed by atoms with Crippen LogP contribution in [0, 0.1) is 10.1 Å². The van der Waals surface area contributed by atoms with Crippen molar-refractivity contribution in [3.8, 4) is 5.75 Å². The number of nitrogens with zero attached hydrogens (tertiary/aromatic N) is 3. The van der Waals surface area contributed by atoms with Crippen LogP contribution >= 0.6 is 0 Å². The van der Waals surface area contributed by atoms with Crippen molar-refractivity contribution in [3.63, 3.8) is 0 Å². The number of anilines is 1. The quantitative estimate of drug-likeness (QED) is 0.403. The van der Waals surface area contributed by atoms with Gasteiger partial charge in [-0.1, -0.05) is 12.1 Å². The standard InChI is InChI=1S/C19H22N4O6S/c1-14(15-4-3-5-16(12-15)28-2)20-21-18-7-6-17(13-19(18)23(24)25)30(26,27)22-8-10-29-11-9-22/h3-7,12-13,21H,8-11H2,1-2H3/b20-14+. The van der Waals surface area contributed by atoms with E-state index < -0.39 is 14.9 Å². The summed E-state index contributed by atoms with van der Waals surface area (Å²) in [4.78, 5) is 10.8. The smallest absolute Gasteiger partial charge is 0.295 e. The minimum Gasteiger partial charge on any atom is -0.497 e. The largest absolute Gasteiger partial charge is 0.497 e. The lowest BCUT2D eigenvalue weighted by Gasteiger charge is -2.26. The fourth-order valence-corrected chi connectivity index (χ4v) is 4.34. The van der Waals surface area contributed by atoms with Gasteiger partial charge in [-0.25, -0.2) is 8.42 Å². The number of morpholine rings is 1. The zero-order chi connectivity index (χ0) is 21.7. The first kappa shape index (κ1) is 21.7. The van der Waals surface area contributed by atoms with E-state index in [-0.39, 0.29) is 29.4 Å². The number of nitrogens with one attached hydrogen (secondary N) is 1. The van der Waals surface area contributed by atoms with Gasteiger partial charge in [0.2, 0.25) is 10.0 Å². The molecular weight excluding hydrogens is 412 g/mol. The van der Waals surface area contributed by atoms with Gasteiger partial charge in [-0.2, -0.15) is 9.41 Å². The fourth-order valence-electron chi connectivity index (χ4n) is 2.91. The van der Waals surface area contributed by atoms with Crippen LogP contribution in [0.4, 0.5) is 11.4 Å². The normalized spacial score (nSPS) is 15.6. The van der Waals surface area contributed by atoms with Gasteiger partial charge in [-0.05, 0) is 31.2 Å². The average Bonchev–Trinajstić information content (AvgIpc) is 2.77. The molecule has 1 N–H and O–H groups in total. The molecule has 0 aromatic heterocycles. The Morgan fingerprint density at radius 3 is 2.63 bits per heavy atom. The Hall–Kier alpha value is -3.02. The predicted molar refractivity (Wildman–Crippen MR) is 112 cm³/mol. The maximum absolute atomic E-state index is 12.8. The second kappa shape index (κ2) is 9.20. The van der Waals surface area contributed by atoms with Crippen LogP contribution < -0.4 is 10.2 Å². The Labute approximate surface area is 174 Å². The Bertz CT molecular complexity index is 1060. The second-order valence-electron chi connectivity index (χ2n) is 6.49. The molecule has 0 spiro atoms. The number of hydrogen-bond acceptors (Lipinski definition) is 8. The topological polar surface area (TPSA) is 123 Å². The van der Waals surface area contributed by atoms with Crippen molar-refractivity contribution in [2.24, 2.45) is 5.10 Å². The van der Waals surface area contributed by atoms with E-state index >= 15 is 0 Å². The highest BCUT2D eigenvalue weighted by atomic mass is 32.2. The van der Waals surface area contributed by atoms with Crippen molar-refractivity contribution < 1.29 is 22.8 Å². The number of rotatable bonds is 7. The molecule has 2 aromatic rings. The number of hydrogen-bond donors (Lipinski definition) is 1. The van der Waals surface area contributed by atoms with Crippen molar-refractivity contribution in [1.82, 2.24) is 4.31 Å². The van der Waals surface area contributed by atoms with Crippen LogP contribution in [0.25, 0.3) is 0 Å². The van der Waals surface area contributed by atoms with Crippen molar-refractivity contribution in [2.75, 3.05) is 38.8 Å². The highest BCUT2D eigenvalue weighted by molar-refractivity contribution is 7.89. The van der Waals surface area contributed by atoms with Crippen molar-refractivity contribution in [1.29, 1.82) is 0 Å². The molecule has 0 amide bonds. The monoisotopic (exact) mass is 434 g/mol. The Morgan fingerprint density at radius 1 is 1.23 bits per heavy atom. The van der Waals surface area contributed by atoms with E-state index in [2.05, 4.69) is 10.5 Å². The maximum atomic E-state index is 12.8. The fraction of sp³-hybridized carbons (Fsp3) is 0.316. The van der Waals surface area contributed by atoms with Gasteiger partial charge in [0, 0.05) is 24.7 Å². The summed E-state index contributed by atoms with van der Waals surface area (Å²) in [6.45, 7) is 2.74. The molecule has 0 atom stereocenters. The molecule has 1 fully saturated rings. The van der Waals surface area contributed by atoms with Crippen LogP contribution in [0.1, 0.15) is 12.5 Å². The molecule has 0 radical (unpaired) electrons. The van der Waals surface area contributed by atoms with Gasteiger partial charge in [0.05, 0.1) is 35.9 Å². The molecule has 2 aromatic carbocycles. The summed E-state index contributed by atoms with van der Waals surface area (Å²) >= 11 is 0. The summed E-state index contributed by atoms with van der Waals surface area (Å²) in [5.74, 6) is 0.658. The third-order valence-corrected chi connectivity index (χ3v) is 6.50. The zero-order valence-electron chi connectivity index (χ0n) is 16.6. The number of nitro groups is 1. The van der Waals surface area contributed by atoms with Gasteiger partial charge >= 0.3 is 0 Å². The molecule has 1 aliphatic rings. The lowest BCUT2D eigenvalue weighted by molar-refractivity contribution is -0.384. The number of hydrazone groups is 1. The predicted octanol–water partition coefficient (Wildman–Crippen LogP) is 2.46. The first-order valence-electron chi connectivity index (χ1n) is 9.14. The molecule has 11 heteroatoms. The zero-order valence-corrected chi connectivity index (χ0v) is 17.4. The first-order valence-corrected chi connectivity index (χ1v) is 10.6. The third-order valence-electron chi connectivity index (χ3n) is 4.61. The van der Waals surface area contributed by atoms with E-state index in [1.807, 2.05) is 6.07 Å². The first-order chi connectivity index (χ1) is 14.3. The summed E-state index contributed by atoms with van der Waals surface area (Å²) in [6.07, 6.45) is 0. The number of sulfonamides is 1. The van der Waals surface area contributed by atoms with Gasteiger partial charge < -0.3 is 9.47 Å². The van der Waals surface area contributed by atoms with Crippen LogP contribution in [-0.4, -0.2) is 56.8 Å². The van der Waals surface area contributed by atoms with Crippen LogP contribution in [-0.2, 0) is 14.8 Å². The van der Waals surface area contributed by atoms with Crippen LogP contribution in [0.15, 0.2) is 52.5 Å². The number of methoxy groups -OCH3 is 1. The summed E-state index contributed by atoms with van der Waals surface area (Å²) in [7, 11) is -2.29. The molecule has 30 heavy (non-hydrogen) atoms. The molecule has 0 aliphatic carbocycles. The third kappa shape index (κ3) is 4.75. The summed E-state index contributed by atoms with van der Waals surface area (Å²) in [5, 5.41) is 15.7. The van der Waals surface area contributed by atoms with E-state index in [9.17, 15) is 18.5 Å². The minimum atomic E-state index is -3.85. The Kier molecular flexibility index (Phi) is 6.65. The SMILES string of the molecule is COc1cccc(/C(C)=N/Nc2ccc(S(=O)(=O)N3CCOCC3)cc2[N+](=O)[O-])c1. The average molecular weight is 434 g/mol. The molecule has 0 unspecified atom stereocenters. The van der Waals surface area contributed by atoms with E-state index in [0.717, 1.165) is 11.6 Å². The molecule has 3 rings (SSSR count). The van der Waals surface area contributed by atoms with Crippen molar-refractivity contribution in [2.45, 2.75) is 11.8 Å². The lowest BCUT2D eigenvalue weighted by atomic mass is 10.1. The minimum absolute atomic E-state index is 0.0863. The van der Waals surface area contributed by atoms with Gasteiger partial charge in [0.1, 0.15) is 11.4 Å². The summed E-state index contributed by atoms with van der Waals surface area (Å²) < 4.78 is 37.2. The molecular formula is C19H22N4O6S. The highest BCUT2D eigenvalue weighted by Crippen LogP contribution is 2.29. The van der Waals surface area contributed by atoms with E-state index in [1.165, 1.54) is 16.4 Å². The van der Waals surface area contributed by atoms with Crippen molar-refractivity contribution >= 4 is 27.1 Å². The van der Waals surface area contributed by atoms with Gasteiger partial charge in [-0.3, -0.25) is 15.5 Å². The molecule has 1 saturated heterocycles. The second-order valence-corrected chi connectivity index (χ2v) is 8.43. The molecule has 0 saturated carbocycles.